The van der Waals surface area contributed by atoms with Crippen LogP contribution >= 0.6 is 0 Å². The highest BCUT2D eigenvalue weighted by molar-refractivity contribution is 5.92. The fourth-order valence-corrected chi connectivity index (χ4v) is 2.49. The number of rotatable bonds is 8. The van der Waals surface area contributed by atoms with Crippen LogP contribution in [-0.4, -0.2) is 19.1 Å². The van der Waals surface area contributed by atoms with E-state index in [0.29, 0.717) is 26.2 Å². The largest absolute Gasteiger partial charge is 0.467 e. The summed E-state index contributed by atoms with van der Waals surface area (Å²) >= 11 is 0. The van der Waals surface area contributed by atoms with Crippen molar-refractivity contribution in [3.8, 4) is 11.3 Å². The monoisotopic (exact) mass is 393 g/mol. The Morgan fingerprint density at radius 1 is 1.11 bits per heavy atom. The van der Waals surface area contributed by atoms with Crippen LogP contribution in [-0.2, 0) is 17.5 Å². The van der Waals surface area contributed by atoms with E-state index < -0.39 is 17.6 Å². The molecule has 1 amide bonds. The molecule has 148 valence electrons. The van der Waals surface area contributed by atoms with Gasteiger partial charge in [-0.2, -0.15) is 13.2 Å². The van der Waals surface area contributed by atoms with Gasteiger partial charge in [-0.05, 0) is 42.8 Å². The summed E-state index contributed by atoms with van der Waals surface area (Å²) in [5, 5.41) is 2.68. The smallest absolute Gasteiger partial charge is 0.416 e. The predicted molar refractivity (Wildman–Crippen MR) is 94.5 cm³/mol. The second-order valence-corrected chi connectivity index (χ2v) is 5.98. The van der Waals surface area contributed by atoms with E-state index in [1.807, 2.05) is 0 Å². The lowest BCUT2D eigenvalue weighted by atomic mass is 10.1. The second-order valence-electron chi connectivity index (χ2n) is 5.98. The molecule has 8 heteroatoms. The zero-order valence-corrected chi connectivity index (χ0v) is 14.8. The summed E-state index contributed by atoms with van der Waals surface area (Å²) in [6.07, 6.45) is -2.29. The van der Waals surface area contributed by atoms with E-state index in [9.17, 15) is 18.0 Å². The minimum atomic E-state index is -4.44. The number of carbonyl (C=O) groups is 1. The molecule has 28 heavy (non-hydrogen) atoms. The lowest BCUT2D eigenvalue weighted by Gasteiger charge is -2.07. The molecule has 0 saturated carbocycles. The highest BCUT2D eigenvalue weighted by atomic mass is 19.4. The van der Waals surface area contributed by atoms with Crippen molar-refractivity contribution in [2.45, 2.75) is 19.2 Å². The van der Waals surface area contributed by atoms with Gasteiger partial charge in [0.05, 0.1) is 11.8 Å². The van der Waals surface area contributed by atoms with E-state index in [1.165, 1.54) is 24.3 Å². The first kappa shape index (κ1) is 19.8. The van der Waals surface area contributed by atoms with Gasteiger partial charge in [-0.25, -0.2) is 0 Å². The van der Waals surface area contributed by atoms with E-state index in [4.69, 9.17) is 13.6 Å². The molecule has 2 heterocycles. The van der Waals surface area contributed by atoms with E-state index >= 15 is 0 Å². The van der Waals surface area contributed by atoms with E-state index in [2.05, 4.69) is 5.32 Å². The number of benzene rings is 1. The van der Waals surface area contributed by atoms with Crippen molar-refractivity contribution in [3.05, 3.63) is 71.9 Å². The average molecular weight is 393 g/mol. The second kappa shape index (κ2) is 8.79. The van der Waals surface area contributed by atoms with Gasteiger partial charge in [0, 0.05) is 18.7 Å². The first-order valence-electron chi connectivity index (χ1n) is 8.59. The zero-order valence-electron chi connectivity index (χ0n) is 14.8. The van der Waals surface area contributed by atoms with E-state index in [0.717, 1.165) is 17.9 Å². The summed E-state index contributed by atoms with van der Waals surface area (Å²) < 4.78 is 54.4. The molecule has 2 aromatic heterocycles. The van der Waals surface area contributed by atoms with Crippen LogP contribution in [0.2, 0.25) is 0 Å². The third-order valence-corrected chi connectivity index (χ3v) is 3.88. The third kappa shape index (κ3) is 5.26. The number of amides is 1. The van der Waals surface area contributed by atoms with Gasteiger partial charge in [-0.3, -0.25) is 4.79 Å². The molecule has 0 atom stereocenters. The van der Waals surface area contributed by atoms with Crippen molar-refractivity contribution in [2.24, 2.45) is 0 Å². The molecular weight excluding hydrogens is 375 g/mol. The Kier molecular flexibility index (Phi) is 6.20. The Morgan fingerprint density at radius 2 is 1.96 bits per heavy atom. The van der Waals surface area contributed by atoms with Crippen LogP contribution in [0.3, 0.4) is 0 Å². The first-order chi connectivity index (χ1) is 13.4. The number of ether oxygens (including phenoxy) is 1. The van der Waals surface area contributed by atoms with Crippen molar-refractivity contribution >= 4 is 5.91 Å². The molecule has 3 rings (SSSR count). The summed E-state index contributed by atoms with van der Waals surface area (Å²) in [5.41, 5.74) is -0.526. The van der Waals surface area contributed by atoms with Crippen LogP contribution < -0.4 is 5.32 Å². The highest BCUT2D eigenvalue weighted by Gasteiger charge is 2.30. The van der Waals surface area contributed by atoms with Gasteiger partial charge >= 0.3 is 6.18 Å². The van der Waals surface area contributed by atoms with Crippen LogP contribution in [0.25, 0.3) is 11.3 Å². The van der Waals surface area contributed by atoms with Gasteiger partial charge in [0.25, 0.3) is 5.91 Å². The maximum atomic E-state index is 12.8. The van der Waals surface area contributed by atoms with Crippen molar-refractivity contribution in [1.29, 1.82) is 0 Å². The lowest BCUT2D eigenvalue weighted by Crippen LogP contribution is -2.24. The lowest BCUT2D eigenvalue weighted by molar-refractivity contribution is -0.137. The Bertz CT molecular complexity index is 900. The molecule has 1 N–H and O–H groups in total. The van der Waals surface area contributed by atoms with Crippen molar-refractivity contribution < 1.29 is 31.5 Å². The molecule has 3 aromatic rings. The van der Waals surface area contributed by atoms with Gasteiger partial charge in [0.2, 0.25) is 0 Å². The average Bonchev–Trinajstić information content (AvgIpc) is 3.35. The van der Waals surface area contributed by atoms with Crippen LogP contribution in [0, 0.1) is 0 Å². The number of hydrogen-bond acceptors (Lipinski definition) is 4. The standard InChI is InChI=1S/C20H18F3NO4/c21-20(22,23)15-5-1-4-14(12-15)17-7-8-18(28-17)19(25)24-9-3-10-26-13-16-6-2-11-27-16/h1-2,4-8,11-12H,3,9-10,13H2,(H,24,25). The Labute approximate surface area is 159 Å². The van der Waals surface area contributed by atoms with Crippen LogP contribution in [0.5, 0.6) is 0 Å². The molecule has 0 fully saturated rings. The summed E-state index contributed by atoms with van der Waals surface area (Å²) in [4.78, 5) is 12.1. The quantitative estimate of drug-likeness (QED) is 0.553. The number of furan rings is 2. The van der Waals surface area contributed by atoms with E-state index in [1.54, 1.807) is 18.4 Å². The van der Waals surface area contributed by atoms with Gasteiger partial charge in [0.1, 0.15) is 18.1 Å². The maximum absolute atomic E-state index is 12.8. The first-order valence-corrected chi connectivity index (χ1v) is 8.59. The summed E-state index contributed by atoms with van der Waals surface area (Å²) in [7, 11) is 0. The van der Waals surface area contributed by atoms with Crippen LogP contribution in [0.15, 0.2) is 63.6 Å². The maximum Gasteiger partial charge on any atom is 0.416 e. The van der Waals surface area contributed by atoms with Gasteiger partial charge in [-0.15, -0.1) is 0 Å². The number of nitrogens with one attached hydrogen (secondary N) is 1. The van der Waals surface area contributed by atoms with Crippen LogP contribution in [0.4, 0.5) is 13.2 Å². The minimum absolute atomic E-state index is 0.0314. The molecular formula is C20H18F3NO4. The molecule has 0 unspecified atom stereocenters. The molecule has 0 saturated heterocycles. The number of alkyl halides is 3. The van der Waals surface area contributed by atoms with Crippen molar-refractivity contribution in [3.63, 3.8) is 0 Å². The fraction of sp³-hybridized carbons (Fsp3) is 0.250. The molecule has 0 aliphatic rings. The van der Waals surface area contributed by atoms with Gasteiger partial charge in [0.15, 0.2) is 5.76 Å². The molecule has 1 aromatic carbocycles. The van der Waals surface area contributed by atoms with Crippen molar-refractivity contribution in [1.82, 2.24) is 5.32 Å². The Morgan fingerprint density at radius 3 is 2.71 bits per heavy atom. The Hall–Kier alpha value is -3.00. The van der Waals surface area contributed by atoms with E-state index in [-0.39, 0.29) is 17.1 Å². The van der Waals surface area contributed by atoms with Gasteiger partial charge in [-0.1, -0.05) is 12.1 Å². The number of carbonyl (C=O) groups excluding carboxylic acids is 1. The third-order valence-electron chi connectivity index (χ3n) is 3.88. The summed E-state index contributed by atoms with van der Waals surface area (Å²) in [5.74, 6) is 0.507. The number of halogens is 3. The molecule has 0 aliphatic heterocycles. The topological polar surface area (TPSA) is 64.6 Å². The summed E-state index contributed by atoms with van der Waals surface area (Å²) in [6.45, 7) is 1.17. The number of hydrogen-bond donors (Lipinski definition) is 1. The van der Waals surface area contributed by atoms with Gasteiger partial charge < -0.3 is 18.9 Å². The van der Waals surface area contributed by atoms with Crippen LogP contribution in [0.1, 0.15) is 28.3 Å². The molecule has 5 nitrogen and oxygen atoms in total. The zero-order chi connectivity index (χ0) is 20.0. The minimum Gasteiger partial charge on any atom is -0.467 e. The Balaban J connectivity index is 1.47. The normalized spacial score (nSPS) is 11.5. The highest BCUT2D eigenvalue weighted by Crippen LogP contribution is 2.32. The fourth-order valence-electron chi connectivity index (χ4n) is 2.49. The predicted octanol–water partition coefficient (Wildman–Crippen LogP) is 4.90. The molecule has 0 bridgehead atoms. The summed E-state index contributed by atoms with van der Waals surface area (Å²) in [6, 6.07) is 11.2. The molecule has 0 radical (unpaired) electrons. The molecule has 0 aliphatic carbocycles. The SMILES string of the molecule is O=C(NCCCOCc1ccco1)c1ccc(-c2cccc(C(F)(F)F)c2)o1. The molecule has 0 spiro atoms. The van der Waals surface area contributed by atoms with Crippen molar-refractivity contribution in [2.75, 3.05) is 13.2 Å².